The standard InChI is InChI=1S/C21H29N3O6/c1-21(2,3)30-15(26)12-23-19(28)16-17(27)14-10-13(8-6-5-7-9-25)11-22-18(14)24(4)20(16)29/h10-11,25,27H,5-9,12H2,1-4H3,(H,23,28). The molecule has 0 unspecified atom stereocenters. The van der Waals surface area contributed by atoms with Crippen LogP contribution in [-0.4, -0.2) is 50.4 Å². The summed E-state index contributed by atoms with van der Waals surface area (Å²) in [6.45, 7) is 4.81. The van der Waals surface area contributed by atoms with Gasteiger partial charge >= 0.3 is 5.97 Å². The topological polar surface area (TPSA) is 131 Å². The summed E-state index contributed by atoms with van der Waals surface area (Å²) in [6.07, 6.45) is 4.71. The average Bonchev–Trinajstić information content (AvgIpc) is 2.67. The van der Waals surface area contributed by atoms with E-state index in [1.165, 1.54) is 11.6 Å². The van der Waals surface area contributed by atoms with Crippen LogP contribution < -0.4 is 10.9 Å². The van der Waals surface area contributed by atoms with Crippen LogP contribution in [0.5, 0.6) is 5.75 Å². The van der Waals surface area contributed by atoms with E-state index in [1.807, 2.05) is 0 Å². The Balaban J connectivity index is 2.29. The highest BCUT2D eigenvalue weighted by Crippen LogP contribution is 2.26. The molecule has 0 saturated carbocycles. The third kappa shape index (κ3) is 5.79. The van der Waals surface area contributed by atoms with Crippen LogP contribution in [-0.2, 0) is 23.0 Å². The Labute approximate surface area is 174 Å². The van der Waals surface area contributed by atoms with E-state index in [2.05, 4.69) is 10.3 Å². The number of amides is 1. The molecule has 2 aromatic heterocycles. The van der Waals surface area contributed by atoms with Gasteiger partial charge < -0.3 is 20.3 Å². The summed E-state index contributed by atoms with van der Waals surface area (Å²) in [6, 6.07) is 1.70. The summed E-state index contributed by atoms with van der Waals surface area (Å²) >= 11 is 0. The molecule has 2 rings (SSSR count). The van der Waals surface area contributed by atoms with Crippen molar-refractivity contribution in [3.63, 3.8) is 0 Å². The zero-order chi connectivity index (χ0) is 22.5. The van der Waals surface area contributed by atoms with Gasteiger partial charge in [0.1, 0.15) is 29.1 Å². The van der Waals surface area contributed by atoms with Gasteiger partial charge in [0.25, 0.3) is 11.5 Å². The number of nitrogens with one attached hydrogen (secondary N) is 1. The highest BCUT2D eigenvalue weighted by Gasteiger charge is 2.23. The lowest BCUT2D eigenvalue weighted by Crippen LogP contribution is -2.37. The van der Waals surface area contributed by atoms with E-state index in [0.29, 0.717) is 12.8 Å². The van der Waals surface area contributed by atoms with Crippen LogP contribution in [0.1, 0.15) is 56.0 Å². The van der Waals surface area contributed by atoms with Gasteiger partial charge in [-0.1, -0.05) is 6.42 Å². The van der Waals surface area contributed by atoms with Crippen LogP contribution in [0, 0.1) is 0 Å². The number of hydrogen-bond acceptors (Lipinski definition) is 7. The monoisotopic (exact) mass is 419 g/mol. The van der Waals surface area contributed by atoms with Crippen molar-refractivity contribution >= 4 is 22.9 Å². The smallest absolute Gasteiger partial charge is 0.325 e. The van der Waals surface area contributed by atoms with Gasteiger partial charge in [0, 0.05) is 19.9 Å². The lowest BCUT2D eigenvalue weighted by molar-refractivity contribution is -0.153. The Hall–Kier alpha value is -2.94. The summed E-state index contributed by atoms with van der Waals surface area (Å²) in [5, 5.41) is 22.1. The molecule has 2 heterocycles. The maximum Gasteiger partial charge on any atom is 0.325 e. The van der Waals surface area contributed by atoms with E-state index in [4.69, 9.17) is 9.84 Å². The molecule has 30 heavy (non-hydrogen) atoms. The van der Waals surface area contributed by atoms with Crippen LogP contribution in [0.4, 0.5) is 0 Å². The first-order valence-electron chi connectivity index (χ1n) is 9.86. The molecule has 3 N–H and O–H groups in total. The summed E-state index contributed by atoms with van der Waals surface area (Å²) in [7, 11) is 1.46. The van der Waals surface area contributed by atoms with Crippen molar-refractivity contribution in [2.75, 3.05) is 13.2 Å². The molecule has 0 fully saturated rings. The molecule has 0 aliphatic heterocycles. The number of carbonyl (C=O) groups excluding carboxylic acids is 2. The quantitative estimate of drug-likeness (QED) is 0.436. The van der Waals surface area contributed by atoms with Crippen molar-refractivity contribution < 1.29 is 24.5 Å². The Morgan fingerprint density at radius 3 is 2.57 bits per heavy atom. The van der Waals surface area contributed by atoms with E-state index in [1.54, 1.807) is 33.0 Å². The Morgan fingerprint density at radius 1 is 1.23 bits per heavy atom. The highest BCUT2D eigenvalue weighted by atomic mass is 16.6. The second-order valence-electron chi connectivity index (χ2n) is 8.11. The molecule has 0 aliphatic carbocycles. The van der Waals surface area contributed by atoms with Crippen molar-refractivity contribution in [2.24, 2.45) is 7.05 Å². The van der Waals surface area contributed by atoms with E-state index in [0.717, 1.165) is 18.4 Å². The number of aromatic nitrogens is 2. The number of aromatic hydroxyl groups is 1. The fourth-order valence-electron chi connectivity index (χ4n) is 3.02. The van der Waals surface area contributed by atoms with Crippen LogP contribution in [0.3, 0.4) is 0 Å². The molecule has 0 radical (unpaired) electrons. The van der Waals surface area contributed by atoms with Crippen molar-refractivity contribution in [3.8, 4) is 5.75 Å². The number of aliphatic hydroxyl groups excluding tert-OH is 1. The van der Waals surface area contributed by atoms with Crippen molar-refractivity contribution in [1.29, 1.82) is 0 Å². The largest absolute Gasteiger partial charge is 0.506 e. The fraction of sp³-hybridized carbons (Fsp3) is 0.524. The molecule has 0 saturated heterocycles. The van der Waals surface area contributed by atoms with Gasteiger partial charge in [-0.2, -0.15) is 0 Å². The molecule has 2 aromatic rings. The predicted molar refractivity (Wildman–Crippen MR) is 111 cm³/mol. The van der Waals surface area contributed by atoms with Crippen LogP contribution >= 0.6 is 0 Å². The maximum absolute atomic E-state index is 12.6. The summed E-state index contributed by atoms with van der Waals surface area (Å²) in [4.78, 5) is 41.2. The number of fused-ring (bicyclic) bond motifs is 1. The molecule has 0 spiro atoms. The van der Waals surface area contributed by atoms with Crippen molar-refractivity contribution in [1.82, 2.24) is 14.9 Å². The molecule has 0 bridgehead atoms. The lowest BCUT2D eigenvalue weighted by Gasteiger charge is -2.19. The first-order valence-corrected chi connectivity index (χ1v) is 9.86. The van der Waals surface area contributed by atoms with E-state index < -0.39 is 40.9 Å². The number of esters is 1. The molecular formula is C21H29N3O6. The number of aryl methyl sites for hydroxylation is 2. The molecule has 9 heteroatoms. The Bertz CT molecular complexity index is 991. The van der Waals surface area contributed by atoms with Crippen LogP contribution in [0.2, 0.25) is 0 Å². The molecule has 0 aromatic carbocycles. The molecule has 0 atom stereocenters. The van der Waals surface area contributed by atoms with Crippen LogP contribution in [0.25, 0.3) is 11.0 Å². The van der Waals surface area contributed by atoms with E-state index in [9.17, 15) is 19.5 Å². The SMILES string of the molecule is Cn1c(=O)c(C(=O)NCC(=O)OC(C)(C)C)c(O)c2cc(CCCCCO)cnc21. The minimum absolute atomic E-state index is 0.140. The summed E-state index contributed by atoms with van der Waals surface area (Å²) in [5.74, 6) is -1.99. The number of rotatable bonds is 8. The predicted octanol–water partition coefficient (Wildman–Crippen LogP) is 1.42. The Kier molecular flexibility index (Phi) is 7.55. The number of ether oxygens (including phenoxy) is 1. The maximum atomic E-state index is 12.6. The Morgan fingerprint density at radius 2 is 1.93 bits per heavy atom. The number of carbonyl (C=O) groups is 2. The minimum Gasteiger partial charge on any atom is -0.506 e. The van der Waals surface area contributed by atoms with E-state index in [-0.39, 0.29) is 17.6 Å². The lowest BCUT2D eigenvalue weighted by atomic mass is 10.1. The van der Waals surface area contributed by atoms with Gasteiger partial charge in [-0.25, -0.2) is 4.98 Å². The minimum atomic E-state index is -0.866. The molecule has 0 aliphatic rings. The summed E-state index contributed by atoms with van der Waals surface area (Å²) < 4.78 is 6.31. The third-order valence-electron chi connectivity index (χ3n) is 4.42. The van der Waals surface area contributed by atoms with E-state index >= 15 is 0 Å². The fourth-order valence-corrected chi connectivity index (χ4v) is 3.02. The summed E-state index contributed by atoms with van der Waals surface area (Å²) in [5.41, 5.74) is -0.782. The van der Waals surface area contributed by atoms with Crippen molar-refractivity contribution in [3.05, 3.63) is 33.7 Å². The number of hydrogen-bond donors (Lipinski definition) is 3. The van der Waals surface area contributed by atoms with Gasteiger partial charge in [-0.15, -0.1) is 0 Å². The average molecular weight is 419 g/mol. The zero-order valence-corrected chi connectivity index (χ0v) is 17.8. The molecule has 1 amide bonds. The third-order valence-corrected chi connectivity index (χ3v) is 4.42. The van der Waals surface area contributed by atoms with Gasteiger partial charge in [0.05, 0.1) is 5.39 Å². The normalized spacial score (nSPS) is 11.5. The molecular weight excluding hydrogens is 390 g/mol. The number of nitrogens with zero attached hydrogens (tertiary/aromatic N) is 2. The van der Waals surface area contributed by atoms with Gasteiger partial charge in [0.15, 0.2) is 0 Å². The van der Waals surface area contributed by atoms with Crippen molar-refractivity contribution in [2.45, 2.75) is 52.1 Å². The number of aliphatic hydroxyl groups is 1. The zero-order valence-electron chi connectivity index (χ0n) is 17.8. The second-order valence-corrected chi connectivity index (χ2v) is 8.11. The highest BCUT2D eigenvalue weighted by molar-refractivity contribution is 6.02. The number of unbranched alkanes of at least 4 members (excludes halogenated alkanes) is 2. The number of pyridine rings is 2. The van der Waals surface area contributed by atoms with Gasteiger partial charge in [-0.05, 0) is 51.7 Å². The van der Waals surface area contributed by atoms with Gasteiger partial charge in [-0.3, -0.25) is 19.0 Å². The van der Waals surface area contributed by atoms with Gasteiger partial charge in [0.2, 0.25) is 0 Å². The molecule has 9 nitrogen and oxygen atoms in total. The second kappa shape index (κ2) is 9.71. The molecule has 164 valence electrons. The first-order chi connectivity index (χ1) is 14.0. The van der Waals surface area contributed by atoms with Crippen LogP contribution in [0.15, 0.2) is 17.1 Å². The first kappa shape index (κ1) is 23.3.